The molecule has 3 N–H and O–H groups in total. The molecule has 0 fully saturated rings. The lowest BCUT2D eigenvalue weighted by Gasteiger charge is -2.15. The molecule has 2 aromatic rings. The first-order valence-corrected chi connectivity index (χ1v) is 7.93. The van der Waals surface area contributed by atoms with Gasteiger partial charge in [-0.2, -0.15) is 0 Å². The highest BCUT2D eigenvalue weighted by Gasteiger charge is 2.18. The van der Waals surface area contributed by atoms with Crippen LogP contribution in [0.2, 0.25) is 0 Å². The molecule has 24 heavy (non-hydrogen) atoms. The van der Waals surface area contributed by atoms with Crippen molar-refractivity contribution in [1.29, 1.82) is 0 Å². The number of aryl methyl sites for hydroxylation is 1. The molecule has 5 heteroatoms. The van der Waals surface area contributed by atoms with Crippen LogP contribution in [0.4, 0.5) is 11.4 Å². The van der Waals surface area contributed by atoms with E-state index in [-0.39, 0.29) is 17.4 Å². The quantitative estimate of drug-likeness (QED) is 0.591. The molecule has 0 saturated carbocycles. The first-order chi connectivity index (χ1) is 11.4. The lowest BCUT2D eigenvalue weighted by Crippen LogP contribution is -2.29. The van der Waals surface area contributed by atoms with Crippen molar-refractivity contribution in [2.75, 3.05) is 10.6 Å². The Kier molecular flexibility index (Phi) is 5.58. The predicted octanol–water partition coefficient (Wildman–Crippen LogP) is 3.79. The largest absolute Gasteiger partial charge is 0.506 e. The molecule has 2 rings (SSSR count). The van der Waals surface area contributed by atoms with Crippen LogP contribution in [0.15, 0.2) is 42.5 Å². The van der Waals surface area contributed by atoms with Gasteiger partial charge in [0, 0.05) is 5.69 Å². The van der Waals surface area contributed by atoms with Crippen molar-refractivity contribution in [3.63, 3.8) is 0 Å². The van der Waals surface area contributed by atoms with E-state index < -0.39 is 11.8 Å². The topological polar surface area (TPSA) is 78.4 Å². The van der Waals surface area contributed by atoms with Crippen LogP contribution in [0, 0.1) is 6.92 Å². The van der Waals surface area contributed by atoms with E-state index in [0.717, 1.165) is 17.5 Å². The first-order valence-electron chi connectivity index (χ1n) is 7.93. The predicted molar refractivity (Wildman–Crippen MR) is 95.3 cm³/mol. The number of carbonyl (C=O) groups is 2. The standard InChI is InChI=1S/C19H22N2O3/c1-4-13(3)14-7-5-6-8-15(14)20-18(23)19(24)21-16-10-9-12(2)11-17(16)22/h5-11,13,22H,4H2,1-3H3,(H,20,23)(H,21,24). The Morgan fingerprint density at radius 3 is 2.29 bits per heavy atom. The van der Waals surface area contributed by atoms with Gasteiger partial charge in [-0.05, 0) is 48.6 Å². The fourth-order valence-electron chi connectivity index (χ4n) is 2.37. The summed E-state index contributed by atoms with van der Waals surface area (Å²) >= 11 is 0. The Labute approximate surface area is 141 Å². The van der Waals surface area contributed by atoms with Crippen molar-refractivity contribution in [1.82, 2.24) is 0 Å². The molecule has 2 aromatic carbocycles. The molecule has 2 amide bonds. The van der Waals surface area contributed by atoms with Crippen LogP contribution >= 0.6 is 0 Å². The Morgan fingerprint density at radius 2 is 1.67 bits per heavy atom. The summed E-state index contributed by atoms with van der Waals surface area (Å²) in [6.07, 6.45) is 0.927. The average Bonchev–Trinajstić information content (AvgIpc) is 2.57. The minimum absolute atomic E-state index is 0.0730. The van der Waals surface area contributed by atoms with Gasteiger partial charge in [0.15, 0.2) is 0 Å². The number of nitrogens with one attached hydrogen (secondary N) is 2. The molecule has 1 atom stereocenters. The summed E-state index contributed by atoms with van der Waals surface area (Å²) in [5, 5.41) is 14.9. The molecule has 0 aliphatic rings. The van der Waals surface area contributed by atoms with Crippen LogP contribution < -0.4 is 10.6 Å². The minimum atomic E-state index is -0.826. The molecule has 126 valence electrons. The molecule has 5 nitrogen and oxygen atoms in total. The normalized spacial score (nSPS) is 11.6. The summed E-state index contributed by atoms with van der Waals surface area (Å²) in [6.45, 7) is 5.95. The third-order valence-electron chi connectivity index (χ3n) is 3.96. The van der Waals surface area contributed by atoms with Crippen LogP contribution in [0.1, 0.15) is 37.3 Å². The van der Waals surface area contributed by atoms with E-state index >= 15 is 0 Å². The summed E-state index contributed by atoms with van der Waals surface area (Å²) in [6, 6.07) is 12.2. The van der Waals surface area contributed by atoms with E-state index in [1.54, 1.807) is 18.2 Å². The molecular weight excluding hydrogens is 304 g/mol. The van der Waals surface area contributed by atoms with Crippen molar-refractivity contribution in [2.45, 2.75) is 33.1 Å². The lowest BCUT2D eigenvalue weighted by atomic mass is 9.97. The number of phenols is 1. The van der Waals surface area contributed by atoms with E-state index in [0.29, 0.717) is 5.69 Å². The highest BCUT2D eigenvalue weighted by Crippen LogP contribution is 2.27. The number of hydrogen-bond donors (Lipinski definition) is 3. The van der Waals surface area contributed by atoms with Crippen LogP contribution in [0.5, 0.6) is 5.75 Å². The van der Waals surface area contributed by atoms with Gasteiger partial charge in [0.1, 0.15) is 5.75 Å². The van der Waals surface area contributed by atoms with E-state index in [1.165, 1.54) is 6.07 Å². The number of phenolic OH excluding ortho intramolecular Hbond substituents is 1. The van der Waals surface area contributed by atoms with Gasteiger partial charge in [-0.3, -0.25) is 9.59 Å². The van der Waals surface area contributed by atoms with E-state index in [1.807, 2.05) is 25.1 Å². The number of aromatic hydroxyl groups is 1. The molecule has 0 aliphatic heterocycles. The minimum Gasteiger partial charge on any atom is -0.506 e. The summed E-state index contributed by atoms with van der Waals surface area (Å²) in [4.78, 5) is 24.2. The van der Waals surface area contributed by atoms with Gasteiger partial charge in [-0.25, -0.2) is 0 Å². The highest BCUT2D eigenvalue weighted by molar-refractivity contribution is 6.43. The Morgan fingerprint density at radius 1 is 1.04 bits per heavy atom. The highest BCUT2D eigenvalue weighted by atomic mass is 16.3. The lowest BCUT2D eigenvalue weighted by molar-refractivity contribution is -0.133. The molecule has 0 bridgehead atoms. The number of amides is 2. The number of benzene rings is 2. The summed E-state index contributed by atoms with van der Waals surface area (Å²) < 4.78 is 0. The summed E-state index contributed by atoms with van der Waals surface area (Å²) in [5.41, 5.74) is 2.67. The van der Waals surface area contributed by atoms with Gasteiger partial charge >= 0.3 is 11.8 Å². The zero-order valence-corrected chi connectivity index (χ0v) is 14.1. The fourth-order valence-corrected chi connectivity index (χ4v) is 2.37. The van der Waals surface area contributed by atoms with E-state index in [2.05, 4.69) is 24.5 Å². The van der Waals surface area contributed by atoms with Crippen molar-refractivity contribution >= 4 is 23.2 Å². The second-order valence-corrected chi connectivity index (χ2v) is 5.83. The third kappa shape index (κ3) is 4.13. The first kappa shape index (κ1) is 17.5. The van der Waals surface area contributed by atoms with Crippen LogP contribution in [-0.4, -0.2) is 16.9 Å². The van der Waals surface area contributed by atoms with Crippen molar-refractivity contribution < 1.29 is 14.7 Å². The fraction of sp³-hybridized carbons (Fsp3) is 0.263. The smallest absolute Gasteiger partial charge is 0.314 e. The Balaban J connectivity index is 2.11. The molecule has 0 heterocycles. The van der Waals surface area contributed by atoms with Gasteiger partial charge in [0.2, 0.25) is 0 Å². The monoisotopic (exact) mass is 326 g/mol. The van der Waals surface area contributed by atoms with Crippen LogP contribution in [0.3, 0.4) is 0 Å². The zero-order valence-electron chi connectivity index (χ0n) is 14.1. The molecule has 0 aliphatic carbocycles. The summed E-state index contributed by atoms with van der Waals surface area (Å²) in [7, 11) is 0. The van der Waals surface area contributed by atoms with Crippen LogP contribution in [-0.2, 0) is 9.59 Å². The molecule has 1 unspecified atom stereocenters. The molecule has 0 spiro atoms. The van der Waals surface area contributed by atoms with Crippen LogP contribution in [0.25, 0.3) is 0 Å². The van der Waals surface area contributed by atoms with E-state index in [9.17, 15) is 14.7 Å². The number of hydrogen-bond acceptors (Lipinski definition) is 3. The average molecular weight is 326 g/mol. The second kappa shape index (κ2) is 7.64. The molecular formula is C19H22N2O3. The van der Waals surface area contributed by atoms with Gasteiger partial charge in [-0.1, -0.05) is 38.1 Å². The second-order valence-electron chi connectivity index (χ2n) is 5.83. The maximum absolute atomic E-state index is 12.2. The third-order valence-corrected chi connectivity index (χ3v) is 3.96. The number of anilines is 2. The maximum atomic E-state index is 12.2. The summed E-state index contributed by atoms with van der Waals surface area (Å²) in [5.74, 6) is -1.40. The van der Waals surface area contributed by atoms with Gasteiger partial charge < -0.3 is 15.7 Å². The van der Waals surface area contributed by atoms with E-state index in [4.69, 9.17) is 0 Å². The van der Waals surface area contributed by atoms with Gasteiger partial charge in [0.05, 0.1) is 5.69 Å². The molecule has 0 radical (unpaired) electrons. The Bertz CT molecular complexity index is 756. The zero-order chi connectivity index (χ0) is 17.7. The Hall–Kier alpha value is -2.82. The molecule has 0 saturated heterocycles. The number of carbonyl (C=O) groups excluding carboxylic acids is 2. The van der Waals surface area contributed by atoms with Crippen molar-refractivity contribution in [3.05, 3.63) is 53.6 Å². The SMILES string of the molecule is CCC(C)c1ccccc1NC(=O)C(=O)Nc1ccc(C)cc1O. The van der Waals surface area contributed by atoms with Gasteiger partial charge in [0.25, 0.3) is 0 Å². The van der Waals surface area contributed by atoms with Gasteiger partial charge in [-0.15, -0.1) is 0 Å². The maximum Gasteiger partial charge on any atom is 0.314 e. The van der Waals surface area contributed by atoms with Crippen molar-refractivity contribution in [3.8, 4) is 5.75 Å². The molecule has 0 aromatic heterocycles. The van der Waals surface area contributed by atoms with Crippen molar-refractivity contribution in [2.24, 2.45) is 0 Å². The number of para-hydroxylation sites is 1. The number of rotatable bonds is 4.